The van der Waals surface area contributed by atoms with Gasteiger partial charge in [0.15, 0.2) is 5.96 Å². The number of carbonyl (C=O) groups is 2. The Hall–Kier alpha value is -1.87. The first-order chi connectivity index (χ1) is 14.1. The number of nitrogens with zero attached hydrogens (tertiary/aromatic N) is 3. The zero-order valence-corrected chi connectivity index (χ0v) is 19.2. The number of amides is 2. The number of rotatable bonds is 13. The molecule has 0 bridgehead atoms. The van der Waals surface area contributed by atoms with Crippen LogP contribution >= 0.6 is 0 Å². The normalized spacial score (nSPS) is 15.1. The third-order valence-electron chi connectivity index (χ3n) is 4.44. The summed E-state index contributed by atoms with van der Waals surface area (Å²) in [5, 5.41) is 5.45. The van der Waals surface area contributed by atoms with Gasteiger partial charge < -0.3 is 31.9 Å². The van der Waals surface area contributed by atoms with E-state index in [-0.39, 0.29) is 5.91 Å². The van der Waals surface area contributed by atoms with Crippen LogP contribution in [0, 0.1) is 0 Å². The van der Waals surface area contributed by atoms with Gasteiger partial charge in [0.25, 0.3) is 0 Å². The molecule has 0 spiro atoms. The van der Waals surface area contributed by atoms with Gasteiger partial charge in [-0.1, -0.05) is 26.7 Å². The number of guanidine groups is 1. The molecule has 6 N–H and O–H groups in total. The topological polar surface area (TPSA) is 129 Å². The molecule has 0 aliphatic carbocycles. The van der Waals surface area contributed by atoms with Gasteiger partial charge in [-0.25, -0.2) is 0 Å². The van der Waals surface area contributed by atoms with Crippen LogP contribution in [0.3, 0.4) is 0 Å². The molecule has 0 aromatic heterocycles. The van der Waals surface area contributed by atoms with Gasteiger partial charge >= 0.3 is 0 Å². The van der Waals surface area contributed by atoms with E-state index in [0.29, 0.717) is 32.3 Å². The van der Waals surface area contributed by atoms with Gasteiger partial charge in [0.1, 0.15) is 0 Å². The average molecular weight is 416 g/mol. The maximum absolute atomic E-state index is 11.8. The second-order valence-corrected chi connectivity index (χ2v) is 6.46. The van der Waals surface area contributed by atoms with E-state index in [2.05, 4.69) is 38.2 Å². The van der Waals surface area contributed by atoms with Crippen LogP contribution in [-0.2, 0) is 9.59 Å². The predicted octanol–water partition coefficient (Wildman–Crippen LogP) is 0.351. The minimum Gasteiger partial charge on any atom is -0.359 e. The monoisotopic (exact) mass is 415 g/mol. The average Bonchev–Trinajstić information content (AvgIpc) is 3.12. The molecule has 1 fully saturated rings. The van der Waals surface area contributed by atoms with Crippen LogP contribution in [0.5, 0.6) is 0 Å². The molecule has 1 saturated heterocycles. The molecule has 1 aliphatic heterocycles. The molecule has 29 heavy (non-hydrogen) atoms. The molecule has 172 valence electrons. The molecule has 0 saturated carbocycles. The summed E-state index contributed by atoms with van der Waals surface area (Å²) < 4.78 is 0. The molecule has 1 heterocycles. The van der Waals surface area contributed by atoms with Crippen molar-refractivity contribution in [3.8, 4) is 0 Å². The van der Waals surface area contributed by atoms with Gasteiger partial charge in [-0.05, 0) is 32.7 Å². The second kappa shape index (κ2) is 20.9. The Morgan fingerprint density at radius 3 is 2.41 bits per heavy atom. The molecule has 1 aliphatic rings. The number of hydrogen-bond acceptors (Lipinski definition) is 5. The Bertz CT molecular complexity index is 433. The predicted molar refractivity (Wildman–Crippen MR) is 122 cm³/mol. The third-order valence-corrected chi connectivity index (χ3v) is 4.44. The maximum atomic E-state index is 11.8. The summed E-state index contributed by atoms with van der Waals surface area (Å²) in [7, 11) is 5.42. The van der Waals surface area contributed by atoms with E-state index < -0.39 is 6.04 Å². The molecule has 9 heteroatoms. The van der Waals surface area contributed by atoms with Crippen LogP contribution in [0.1, 0.15) is 52.4 Å². The molecule has 0 radical (unpaired) electrons. The van der Waals surface area contributed by atoms with E-state index in [0.717, 1.165) is 51.3 Å². The van der Waals surface area contributed by atoms with Gasteiger partial charge in [-0.15, -0.1) is 0 Å². The van der Waals surface area contributed by atoms with Crippen molar-refractivity contribution in [2.75, 3.05) is 53.9 Å². The fourth-order valence-electron chi connectivity index (χ4n) is 2.97. The minimum atomic E-state index is -0.493. The highest BCUT2D eigenvalue weighted by Crippen LogP contribution is 2.09. The molecule has 1 unspecified atom stereocenters. The Balaban J connectivity index is 0. The summed E-state index contributed by atoms with van der Waals surface area (Å²) in [6.45, 7) is 8.38. The number of unbranched alkanes of at least 4 members (excludes halogenated alkanes) is 3. The van der Waals surface area contributed by atoms with Gasteiger partial charge in [-0.3, -0.25) is 14.6 Å². The summed E-state index contributed by atoms with van der Waals surface area (Å²) in [6.07, 6.45) is 6.31. The Morgan fingerprint density at radius 2 is 1.79 bits per heavy atom. The van der Waals surface area contributed by atoms with E-state index in [1.54, 1.807) is 0 Å². The van der Waals surface area contributed by atoms with Crippen molar-refractivity contribution in [1.82, 2.24) is 20.4 Å². The molecule has 9 nitrogen and oxygen atoms in total. The van der Waals surface area contributed by atoms with Crippen LogP contribution in [0.15, 0.2) is 4.99 Å². The molecule has 2 amide bonds. The van der Waals surface area contributed by atoms with Gasteiger partial charge in [0.05, 0.1) is 6.04 Å². The first kappa shape index (κ1) is 29.3. The van der Waals surface area contributed by atoms with Crippen molar-refractivity contribution in [3.63, 3.8) is 0 Å². The summed E-state index contributed by atoms with van der Waals surface area (Å²) in [5.41, 5.74) is 10.3. The van der Waals surface area contributed by atoms with Gasteiger partial charge in [0.2, 0.25) is 12.3 Å². The SMILES string of the molecule is CC.CN.CN=C1N(C)CCN1CCCCCCNC(=O)C(N)CCCNC=O. The van der Waals surface area contributed by atoms with Gasteiger partial charge in [0, 0.05) is 46.8 Å². The lowest BCUT2D eigenvalue weighted by molar-refractivity contribution is -0.122. The van der Waals surface area contributed by atoms with Crippen LogP contribution < -0.4 is 22.1 Å². The zero-order valence-electron chi connectivity index (χ0n) is 19.2. The van der Waals surface area contributed by atoms with Crippen molar-refractivity contribution in [2.45, 2.75) is 58.4 Å². The van der Waals surface area contributed by atoms with E-state index in [9.17, 15) is 9.59 Å². The van der Waals surface area contributed by atoms with Crippen LogP contribution in [0.25, 0.3) is 0 Å². The zero-order chi connectivity index (χ0) is 22.5. The lowest BCUT2D eigenvalue weighted by Gasteiger charge is -2.20. The molecule has 0 aromatic rings. The summed E-state index contributed by atoms with van der Waals surface area (Å²) >= 11 is 0. The van der Waals surface area contributed by atoms with Crippen molar-refractivity contribution in [3.05, 3.63) is 0 Å². The molecule has 1 atom stereocenters. The Labute approximate surface area is 177 Å². The molecular formula is C20H45N7O2. The second-order valence-electron chi connectivity index (χ2n) is 6.46. The summed E-state index contributed by atoms with van der Waals surface area (Å²) in [6, 6.07) is -0.493. The third kappa shape index (κ3) is 13.9. The first-order valence-electron chi connectivity index (χ1n) is 10.8. The fraction of sp³-hybridized carbons (Fsp3) is 0.850. The van der Waals surface area contributed by atoms with Crippen molar-refractivity contribution < 1.29 is 9.59 Å². The highest BCUT2D eigenvalue weighted by atomic mass is 16.2. The Morgan fingerprint density at radius 1 is 1.14 bits per heavy atom. The number of nitrogens with one attached hydrogen (secondary N) is 2. The van der Waals surface area contributed by atoms with Crippen molar-refractivity contribution in [2.24, 2.45) is 16.5 Å². The first-order valence-corrected chi connectivity index (χ1v) is 10.8. The summed E-state index contributed by atoms with van der Waals surface area (Å²) in [5.74, 6) is 0.986. The number of carbonyl (C=O) groups excluding carboxylic acids is 2. The van der Waals surface area contributed by atoms with Crippen LogP contribution in [-0.4, -0.2) is 88.0 Å². The lowest BCUT2D eigenvalue weighted by atomic mass is 10.1. The van der Waals surface area contributed by atoms with Crippen LogP contribution in [0.4, 0.5) is 0 Å². The van der Waals surface area contributed by atoms with Crippen molar-refractivity contribution >= 4 is 18.3 Å². The summed E-state index contributed by atoms with van der Waals surface area (Å²) in [4.78, 5) is 30.8. The standard InChI is InChI=1S/C17H34N6O2.C2H6.CH5N/c1-19-17-22(2)12-13-23(17)11-6-4-3-5-10-21-16(25)15(18)8-7-9-20-14-24;2*1-2/h14-15H,3-13,18H2,1-2H3,(H,20,24)(H,21,25);1-2H3;2H2,1H3. The Kier molecular flexibility index (Phi) is 21.1. The highest BCUT2D eigenvalue weighted by Gasteiger charge is 2.21. The molecular weight excluding hydrogens is 370 g/mol. The van der Waals surface area contributed by atoms with Crippen molar-refractivity contribution in [1.29, 1.82) is 0 Å². The minimum absolute atomic E-state index is 0.102. The van der Waals surface area contributed by atoms with E-state index >= 15 is 0 Å². The van der Waals surface area contributed by atoms with E-state index in [1.165, 1.54) is 7.05 Å². The smallest absolute Gasteiger partial charge is 0.236 e. The van der Waals surface area contributed by atoms with Gasteiger partial charge in [-0.2, -0.15) is 0 Å². The maximum Gasteiger partial charge on any atom is 0.236 e. The van der Waals surface area contributed by atoms with E-state index in [1.807, 2.05) is 20.9 Å². The number of aliphatic imine (C=N–C) groups is 1. The quantitative estimate of drug-likeness (QED) is 0.254. The number of likely N-dealkylation sites (N-methyl/N-ethyl adjacent to an activating group) is 1. The number of hydrogen-bond donors (Lipinski definition) is 4. The lowest BCUT2D eigenvalue weighted by Crippen LogP contribution is -2.41. The fourth-order valence-corrected chi connectivity index (χ4v) is 2.97. The van der Waals surface area contributed by atoms with E-state index in [4.69, 9.17) is 5.73 Å². The van der Waals surface area contributed by atoms with Crippen LogP contribution in [0.2, 0.25) is 0 Å². The molecule has 1 rings (SSSR count). The highest BCUT2D eigenvalue weighted by molar-refractivity contribution is 5.81. The largest absolute Gasteiger partial charge is 0.359 e. The number of nitrogens with two attached hydrogens (primary N) is 2. The molecule has 0 aromatic carbocycles.